The molecule has 20 heavy (non-hydrogen) atoms. The van der Waals surface area contributed by atoms with Crippen LogP contribution >= 0.6 is 0 Å². The lowest BCUT2D eigenvalue weighted by Gasteiger charge is -2.14. The Kier molecular flexibility index (Phi) is 3.49. The van der Waals surface area contributed by atoms with Gasteiger partial charge in [-0.25, -0.2) is 0 Å². The molecule has 2 aromatic rings. The van der Waals surface area contributed by atoms with Crippen LogP contribution in [-0.2, 0) is 6.42 Å². The molecule has 2 nitrogen and oxygen atoms in total. The Morgan fingerprint density at radius 2 is 1.90 bits per heavy atom. The van der Waals surface area contributed by atoms with E-state index in [1.54, 1.807) is 14.0 Å². The monoisotopic (exact) mass is 268 g/mol. The van der Waals surface area contributed by atoms with Gasteiger partial charge in [-0.1, -0.05) is 30.3 Å². The largest absolute Gasteiger partial charge is 0.497 e. The van der Waals surface area contributed by atoms with Crippen LogP contribution in [-0.4, -0.2) is 12.2 Å². The third-order valence-corrected chi connectivity index (χ3v) is 4.25. The van der Waals surface area contributed by atoms with E-state index in [1.165, 1.54) is 16.7 Å². The molecule has 0 aromatic heterocycles. The van der Waals surface area contributed by atoms with Gasteiger partial charge in [0.2, 0.25) is 0 Å². The molecule has 0 saturated carbocycles. The molecule has 1 aliphatic carbocycles. The van der Waals surface area contributed by atoms with Crippen LogP contribution in [0.3, 0.4) is 0 Å². The van der Waals surface area contributed by atoms with Crippen LogP contribution in [0.4, 0.5) is 0 Å². The molecule has 0 radical (unpaired) electrons. The van der Waals surface area contributed by atoms with Crippen molar-refractivity contribution in [2.75, 3.05) is 7.11 Å². The highest BCUT2D eigenvalue weighted by Gasteiger charge is 2.24. The van der Waals surface area contributed by atoms with Crippen LogP contribution in [0.1, 0.15) is 47.6 Å². The Hall–Kier alpha value is -1.80. The molecule has 1 aliphatic rings. The zero-order chi connectivity index (χ0) is 14.1. The Bertz CT molecular complexity index is 599. The minimum atomic E-state index is -0.399. The van der Waals surface area contributed by atoms with E-state index >= 15 is 0 Å². The van der Waals surface area contributed by atoms with Gasteiger partial charge in [0.1, 0.15) is 5.75 Å². The van der Waals surface area contributed by atoms with Gasteiger partial charge in [0.25, 0.3) is 0 Å². The molecule has 1 N–H and O–H groups in total. The van der Waals surface area contributed by atoms with Crippen LogP contribution in [0.15, 0.2) is 42.5 Å². The average molecular weight is 268 g/mol. The third-order valence-electron chi connectivity index (χ3n) is 4.25. The summed E-state index contributed by atoms with van der Waals surface area (Å²) in [4.78, 5) is 0. The topological polar surface area (TPSA) is 29.5 Å². The zero-order valence-electron chi connectivity index (χ0n) is 12.0. The Labute approximate surface area is 120 Å². The fourth-order valence-electron chi connectivity index (χ4n) is 3.07. The molecule has 0 heterocycles. The molecule has 0 spiro atoms. The van der Waals surface area contributed by atoms with E-state index in [0.717, 1.165) is 24.2 Å². The number of hydrogen-bond donors (Lipinski definition) is 1. The fraction of sp³-hybridized carbons (Fsp3) is 0.333. The van der Waals surface area contributed by atoms with Crippen LogP contribution in [0, 0.1) is 0 Å². The maximum absolute atomic E-state index is 9.58. The highest BCUT2D eigenvalue weighted by atomic mass is 16.5. The summed E-state index contributed by atoms with van der Waals surface area (Å²) in [6.45, 7) is 1.80. The van der Waals surface area contributed by atoms with E-state index in [0.29, 0.717) is 5.92 Å². The zero-order valence-corrected chi connectivity index (χ0v) is 12.0. The van der Waals surface area contributed by atoms with Gasteiger partial charge < -0.3 is 9.84 Å². The van der Waals surface area contributed by atoms with Crippen molar-refractivity contribution in [2.45, 2.75) is 31.8 Å². The van der Waals surface area contributed by atoms with Crippen molar-refractivity contribution >= 4 is 0 Å². The molecule has 2 unspecified atom stereocenters. The number of methoxy groups -OCH3 is 1. The summed E-state index contributed by atoms with van der Waals surface area (Å²) in [7, 11) is 1.71. The van der Waals surface area contributed by atoms with Gasteiger partial charge in [0, 0.05) is 5.92 Å². The second-order valence-corrected chi connectivity index (χ2v) is 5.50. The quantitative estimate of drug-likeness (QED) is 0.916. The maximum Gasteiger partial charge on any atom is 0.119 e. The van der Waals surface area contributed by atoms with Crippen molar-refractivity contribution in [3.63, 3.8) is 0 Å². The van der Waals surface area contributed by atoms with Crippen LogP contribution in [0.5, 0.6) is 5.75 Å². The van der Waals surface area contributed by atoms with E-state index in [4.69, 9.17) is 4.74 Å². The molecule has 0 amide bonds. The highest BCUT2D eigenvalue weighted by Crippen LogP contribution is 2.39. The van der Waals surface area contributed by atoms with Crippen molar-refractivity contribution in [1.29, 1.82) is 0 Å². The van der Waals surface area contributed by atoms with Gasteiger partial charge in [-0.15, -0.1) is 0 Å². The first-order chi connectivity index (χ1) is 9.69. The summed E-state index contributed by atoms with van der Waals surface area (Å²) in [5.74, 6) is 1.41. The smallest absolute Gasteiger partial charge is 0.119 e. The molecule has 2 aromatic carbocycles. The number of fused-ring (bicyclic) bond motifs is 1. The number of aliphatic hydroxyl groups excluding tert-OH is 1. The summed E-state index contributed by atoms with van der Waals surface area (Å²) in [6.07, 6.45) is 1.86. The summed E-state index contributed by atoms with van der Waals surface area (Å²) < 4.78 is 5.29. The standard InChI is InChI=1S/C18H20O2/c1-12(19)13-3-5-14(6-4-13)17-9-7-15-11-16(20-2)8-10-18(15)17/h3-6,8,10-12,17,19H,7,9H2,1-2H3. The number of aliphatic hydroxyl groups is 1. The summed E-state index contributed by atoms with van der Waals surface area (Å²) in [5.41, 5.74) is 5.12. The van der Waals surface area contributed by atoms with Crippen molar-refractivity contribution in [2.24, 2.45) is 0 Å². The van der Waals surface area contributed by atoms with Crippen molar-refractivity contribution in [3.8, 4) is 5.75 Å². The summed E-state index contributed by atoms with van der Waals surface area (Å²) >= 11 is 0. The second-order valence-electron chi connectivity index (χ2n) is 5.50. The van der Waals surface area contributed by atoms with Gasteiger partial charge in [0.05, 0.1) is 13.2 Å². The number of ether oxygens (including phenoxy) is 1. The Balaban J connectivity index is 1.90. The number of aryl methyl sites for hydroxylation is 1. The summed E-state index contributed by atoms with van der Waals surface area (Å²) in [6, 6.07) is 14.7. The molecular formula is C18H20O2. The van der Waals surface area contributed by atoms with Crippen LogP contribution < -0.4 is 4.74 Å². The molecular weight excluding hydrogens is 248 g/mol. The van der Waals surface area contributed by atoms with Crippen molar-refractivity contribution in [1.82, 2.24) is 0 Å². The molecule has 0 bridgehead atoms. The molecule has 0 fully saturated rings. The van der Waals surface area contributed by atoms with Crippen LogP contribution in [0.25, 0.3) is 0 Å². The van der Waals surface area contributed by atoms with E-state index in [2.05, 4.69) is 24.3 Å². The van der Waals surface area contributed by atoms with Gasteiger partial charge in [-0.3, -0.25) is 0 Å². The minimum Gasteiger partial charge on any atom is -0.497 e. The van der Waals surface area contributed by atoms with E-state index in [9.17, 15) is 5.11 Å². The lowest BCUT2D eigenvalue weighted by molar-refractivity contribution is 0.199. The molecule has 3 rings (SSSR count). The predicted octanol–water partition coefficient (Wildman–Crippen LogP) is 3.83. The van der Waals surface area contributed by atoms with Gasteiger partial charge >= 0.3 is 0 Å². The van der Waals surface area contributed by atoms with Gasteiger partial charge in [-0.05, 0) is 54.2 Å². The van der Waals surface area contributed by atoms with Crippen LogP contribution in [0.2, 0.25) is 0 Å². The fourth-order valence-corrected chi connectivity index (χ4v) is 3.07. The minimum absolute atomic E-state index is 0.399. The highest BCUT2D eigenvalue weighted by molar-refractivity contribution is 5.46. The Morgan fingerprint density at radius 3 is 2.55 bits per heavy atom. The lowest BCUT2D eigenvalue weighted by Crippen LogP contribution is -1.98. The van der Waals surface area contributed by atoms with Crippen molar-refractivity contribution < 1.29 is 9.84 Å². The number of benzene rings is 2. The first kappa shape index (κ1) is 13.2. The van der Waals surface area contributed by atoms with E-state index in [1.807, 2.05) is 18.2 Å². The normalized spacial score (nSPS) is 18.6. The predicted molar refractivity (Wildman–Crippen MR) is 80.2 cm³/mol. The third kappa shape index (κ3) is 2.32. The first-order valence-corrected chi connectivity index (χ1v) is 7.14. The maximum atomic E-state index is 9.58. The second kappa shape index (κ2) is 5.29. The van der Waals surface area contributed by atoms with E-state index in [-0.39, 0.29) is 0 Å². The molecule has 0 aliphatic heterocycles. The molecule has 2 atom stereocenters. The Morgan fingerprint density at radius 1 is 1.15 bits per heavy atom. The van der Waals surface area contributed by atoms with Gasteiger partial charge in [0.15, 0.2) is 0 Å². The van der Waals surface area contributed by atoms with Gasteiger partial charge in [-0.2, -0.15) is 0 Å². The lowest BCUT2D eigenvalue weighted by atomic mass is 9.92. The van der Waals surface area contributed by atoms with Crippen molar-refractivity contribution in [3.05, 3.63) is 64.7 Å². The number of hydrogen-bond acceptors (Lipinski definition) is 2. The van der Waals surface area contributed by atoms with E-state index < -0.39 is 6.10 Å². The average Bonchev–Trinajstić information content (AvgIpc) is 2.90. The molecule has 0 saturated heterocycles. The first-order valence-electron chi connectivity index (χ1n) is 7.14. The molecule has 2 heteroatoms. The summed E-state index contributed by atoms with van der Waals surface area (Å²) in [5, 5.41) is 9.58. The number of rotatable bonds is 3. The SMILES string of the molecule is COc1ccc2c(c1)CCC2c1ccc(C(C)O)cc1. The molecule has 104 valence electrons.